The monoisotopic (exact) mass is 366 g/mol. The van der Waals surface area contributed by atoms with Crippen LogP contribution in [-0.4, -0.2) is 50.7 Å². The van der Waals surface area contributed by atoms with Crippen molar-refractivity contribution in [3.05, 3.63) is 30.3 Å². The molecule has 25 heavy (non-hydrogen) atoms. The number of nitrogens with zero attached hydrogens (tertiary/aromatic N) is 1. The third-order valence-corrected chi connectivity index (χ3v) is 6.27. The summed E-state index contributed by atoms with van der Waals surface area (Å²) in [4.78, 5) is 14.1. The number of hydrogen-bond donors (Lipinski definition) is 1. The van der Waals surface area contributed by atoms with Crippen LogP contribution in [0.4, 0.5) is 0 Å². The molecule has 1 amide bonds. The minimum atomic E-state index is -3.40. The molecule has 1 aliphatic heterocycles. The maximum absolute atomic E-state index is 12.2. The van der Waals surface area contributed by atoms with Gasteiger partial charge in [0.15, 0.2) is 0 Å². The fraction of sp³-hybridized carbons (Fsp3) is 0.611. The van der Waals surface area contributed by atoms with Crippen molar-refractivity contribution in [2.75, 3.05) is 25.4 Å². The van der Waals surface area contributed by atoms with Crippen molar-refractivity contribution in [2.24, 2.45) is 5.92 Å². The fourth-order valence-electron chi connectivity index (χ4n) is 3.62. The van der Waals surface area contributed by atoms with Crippen molar-refractivity contribution in [2.45, 2.75) is 38.1 Å². The summed E-state index contributed by atoms with van der Waals surface area (Å²) in [7, 11) is -3.40. The lowest BCUT2D eigenvalue weighted by Crippen LogP contribution is -2.36. The lowest BCUT2D eigenvalue weighted by atomic mass is 10.1. The van der Waals surface area contributed by atoms with E-state index in [-0.39, 0.29) is 24.2 Å². The summed E-state index contributed by atoms with van der Waals surface area (Å²) in [5, 5.41) is 0. The first kappa shape index (κ1) is 18.2. The summed E-state index contributed by atoms with van der Waals surface area (Å²) >= 11 is 0. The van der Waals surface area contributed by atoms with Crippen LogP contribution in [0.1, 0.15) is 32.1 Å². The van der Waals surface area contributed by atoms with Crippen molar-refractivity contribution in [1.82, 2.24) is 9.62 Å². The fourth-order valence-corrected chi connectivity index (χ4v) is 4.55. The Balaban J connectivity index is 1.40. The molecule has 7 heteroatoms. The molecule has 3 rings (SSSR count). The van der Waals surface area contributed by atoms with Gasteiger partial charge in [0, 0.05) is 25.6 Å². The highest BCUT2D eigenvalue weighted by atomic mass is 32.2. The van der Waals surface area contributed by atoms with E-state index in [0.717, 1.165) is 12.8 Å². The van der Waals surface area contributed by atoms with Crippen molar-refractivity contribution < 1.29 is 17.9 Å². The molecule has 0 bridgehead atoms. The van der Waals surface area contributed by atoms with E-state index < -0.39 is 10.0 Å². The molecule has 1 saturated heterocycles. The van der Waals surface area contributed by atoms with E-state index in [1.165, 1.54) is 12.8 Å². The van der Waals surface area contributed by atoms with Crippen LogP contribution < -0.4 is 9.46 Å². The summed E-state index contributed by atoms with van der Waals surface area (Å²) in [5.41, 5.74) is 0. The van der Waals surface area contributed by atoms with Crippen LogP contribution >= 0.6 is 0 Å². The number of ether oxygens (including phenoxy) is 1. The smallest absolute Gasteiger partial charge is 0.223 e. The summed E-state index contributed by atoms with van der Waals surface area (Å²) < 4.78 is 32.3. The summed E-state index contributed by atoms with van der Waals surface area (Å²) in [5.74, 6) is 0.808. The number of hydrogen-bond acceptors (Lipinski definition) is 4. The number of amides is 1. The van der Waals surface area contributed by atoms with Gasteiger partial charge in [-0.3, -0.25) is 4.79 Å². The largest absolute Gasteiger partial charge is 0.492 e. The van der Waals surface area contributed by atoms with Crippen molar-refractivity contribution >= 4 is 15.9 Å². The van der Waals surface area contributed by atoms with E-state index in [0.29, 0.717) is 31.3 Å². The predicted octanol–water partition coefficient (Wildman–Crippen LogP) is 1.78. The highest BCUT2D eigenvalue weighted by Gasteiger charge is 2.35. The maximum Gasteiger partial charge on any atom is 0.223 e. The van der Waals surface area contributed by atoms with Crippen LogP contribution in [0.2, 0.25) is 0 Å². The van der Waals surface area contributed by atoms with Crippen LogP contribution in [0.25, 0.3) is 0 Å². The normalized spacial score (nSPS) is 21.8. The van der Waals surface area contributed by atoms with E-state index >= 15 is 0 Å². The Labute approximate surface area is 149 Å². The van der Waals surface area contributed by atoms with Crippen molar-refractivity contribution in [1.29, 1.82) is 0 Å². The number of benzene rings is 1. The zero-order valence-electron chi connectivity index (χ0n) is 14.4. The molecule has 0 radical (unpaired) electrons. The number of sulfonamides is 1. The predicted molar refractivity (Wildman–Crippen MR) is 95.8 cm³/mol. The third-order valence-electron chi connectivity index (χ3n) is 4.96. The van der Waals surface area contributed by atoms with Crippen LogP contribution in [0.15, 0.2) is 30.3 Å². The molecule has 1 aromatic rings. The molecule has 138 valence electrons. The molecule has 6 nitrogen and oxygen atoms in total. The van der Waals surface area contributed by atoms with Crippen molar-refractivity contribution in [3.63, 3.8) is 0 Å². The first-order valence-corrected chi connectivity index (χ1v) is 10.6. The molecule has 2 fully saturated rings. The van der Waals surface area contributed by atoms with Gasteiger partial charge in [0.2, 0.25) is 15.9 Å². The van der Waals surface area contributed by atoms with Gasteiger partial charge in [-0.25, -0.2) is 13.1 Å². The second-order valence-corrected chi connectivity index (χ2v) is 8.81. The van der Waals surface area contributed by atoms with Gasteiger partial charge in [-0.2, -0.15) is 0 Å². The van der Waals surface area contributed by atoms with Crippen LogP contribution in [-0.2, 0) is 14.8 Å². The van der Waals surface area contributed by atoms with E-state index in [9.17, 15) is 13.2 Å². The molecule has 1 N–H and O–H groups in total. The molecule has 1 heterocycles. The van der Waals surface area contributed by atoms with Gasteiger partial charge in [0.05, 0.1) is 5.75 Å². The first-order valence-electron chi connectivity index (χ1n) is 8.98. The standard InChI is InChI=1S/C18H26N2O4S/c21-18-12-15(14-20(18)16-6-4-5-7-16)13-19-25(22,23)11-10-24-17-8-2-1-3-9-17/h1-3,8-9,15-16,19H,4-7,10-14H2. The van der Waals surface area contributed by atoms with Gasteiger partial charge >= 0.3 is 0 Å². The second kappa shape index (κ2) is 8.19. The Morgan fingerprint density at radius 2 is 1.88 bits per heavy atom. The summed E-state index contributed by atoms with van der Waals surface area (Å²) in [6.07, 6.45) is 4.99. The Kier molecular flexibility index (Phi) is 5.96. The molecule has 2 aliphatic rings. The van der Waals surface area contributed by atoms with Gasteiger partial charge < -0.3 is 9.64 Å². The minimum absolute atomic E-state index is 0.0675. The lowest BCUT2D eigenvalue weighted by molar-refractivity contribution is -0.129. The number of rotatable bonds is 8. The average molecular weight is 366 g/mol. The molecule has 1 aliphatic carbocycles. The molecule has 1 unspecified atom stereocenters. The topological polar surface area (TPSA) is 75.7 Å². The zero-order chi connectivity index (χ0) is 17.7. The first-order chi connectivity index (χ1) is 12.0. The Morgan fingerprint density at radius 3 is 2.60 bits per heavy atom. The van der Waals surface area contributed by atoms with Gasteiger partial charge in [-0.05, 0) is 30.9 Å². The summed E-state index contributed by atoms with van der Waals surface area (Å²) in [6, 6.07) is 9.52. The van der Waals surface area contributed by atoms with Crippen LogP contribution in [0, 0.1) is 5.92 Å². The average Bonchev–Trinajstić information content (AvgIpc) is 3.23. The van der Waals surface area contributed by atoms with E-state index in [1.54, 1.807) is 12.1 Å². The Morgan fingerprint density at radius 1 is 1.16 bits per heavy atom. The molecule has 1 atom stereocenters. The summed E-state index contributed by atoms with van der Waals surface area (Å²) in [6.45, 7) is 1.10. The van der Waals surface area contributed by atoms with Crippen molar-refractivity contribution in [3.8, 4) is 5.75 Å². The molecular weight excluding hydrogens is 340 g/mol. The van der Waals surface area contributed by atoms with Gasteiger partial charge in [0.1, 0.15) is 12.4 Å². The number of carbonyl (C=O) groups excluding carboxylic acids is 1. The highest BCUT2D eigenvalue weighted by Crippen LogP contribution is 2.29. The van der Waals surface area contributed by atoms with Gasteiger partial charge in [0.25, 0.3) is 0 Å². The molecular formula is C18H26N2O4S. The zero-order valence-corrected chi connectivity index (χ0v) is 15.2. The number of nitrogens with one attached hydrogen (secondary N) is 1. The van der Waals surface area contributed by atoms with Crippen LogP contribution in [0.3, 0.4) is 0 Å². The number of carbonyl (C=O) groups is 1. The van der Waals surface area contributed by atoms with Gasteiger partial charge in [-0.1, -0.05) is 31.0 Å². The number of para-hydroxylation sites is 1. The number of likely N-dealkylation sites (tertiary alicyclic amines) is 1. The second-order valence-electron chi connectivity index (χ2n) is 6.88. The third kappa shape index (κ3) is 5.19. The quantitative estimate of drug-likeness (QED) is 0.761. The van der Waals surface area contributed by atoms with E-state index in [4.69, 9.17) is 4.74 Å². The van der Waals surface area contributed by atoms with Gasteiger partial charge in [-0.15, -0.1) is 0 Å². The Hall–Kier alpha value is -1.60. The molecule has 1 saturated carbocycles. The lowest BCUT2D eigenvalue weighted by Gasteiger charge is -2.24. The van der Waals surface area contributed by atoms with E-state index in [2.05, 4.69) is 4.72 Å². The highest BCUT2D eigenvalue weighted by molar-refractivity contribution is 7.89. The molecule has 1 aromatic carbocycles. The van der Waals surface area contributed by atoms with Crippen LogP contribution in [0.5, 0.6) is 5.75 Å². The Bertz CT molecular complexity index is 672. The van der Waals surface area contributed by atoms with E-state index in [1.807, 2.05) is 23.1 Å². The maximum atomic E-state index is 12.2. The SMILES string of the molecule is O=C1CC(CNS(=O)(=O)CCOc2ccccc2)CN1C1CCCC1. The molecule has 0 aromatic heterocycles. The minimum Gasteiger partial charge on any atom is -0.492 e. The molecule has 0 spiro atoms.